The van der Waals surface area contributed by atoms with Crippen LogP contribution in [0.1, 0.15) is 13.8 Å². The van der Waals surface area contributed by atoms with Crippen LogP contribution >= 0.6 is 0 Å². The number of rotatable bonds is 5. The molecule has 1 fully saturated rings. The van der Waals surface area contributed by atoms with Gasteiger partial charge in [-0.25, -0.2) is 22.5 Å². The maximum absolute atomic E-state index is 13.6. The average molecular weight is 317 g/mol. The predicted octanol–water partition coefficient (Wildman–Crippen LogP) is 0.610. The zero-order valence-electron chi connectivity index (χ0n) is 12.2. The molecule has 0 unspecified atom stereocenters. The molecular formula is C13H20FN3O3S. The van der Waals surface area contributed by atoms with Gasteiger partial charge in [0.1, 0.15) is 0 Å². The number of ether oxygens (including phenoxy) is 1. The molecule has 0 radical (unpaired) electrons. The molecule has 1 saturated heterocycles. The summed E-state index contributed by atoms with van der Waals surface area (Å²) in [5, 5.41) is -0.567. The van der Waals surface area contributed by atoms with Crippen molar-refractivity contribution in [3.05, 3.63) is 24.1 Å². The van der Waals surface area contributed by atoms with Crippen molar-refractivity contribution in [1.29, 1.82) is 0 Å². The Kier molecular flexibility index (Phi) is 4.92. The third kappa shape index (κ3) is 3.97. The zero-order chi connectivity index (χ0) is 15.5. The fourth-order valence-corrected chi connectivity index (χ4v) is 3.39. The van der Waals surface area contributed by atoms with Crippen molar-refractivity contribution in [2.24, 2.45) is 0 Å². The lowest BCUT2D eigenvalue weighted by molar-refractivity contribution is -0.00804. The second-order valence-electron chi connectivity index (χ2n) is 5.53. The Morgan fingerprint density at radius 1 is 1.43 bits per heavy atom. The van der Waals surface area contributed by atoms with Gasteiger partial charge >= 0.3 is 0 Å². The minimum atomic E-state index is -3.96. The maximum Gasteiger partial charge on any atom is 0.261 e. The number of nitrogens with zero attached hydrogens (tertiary/aromatic N) is 2. The van der Waals surface area contributed by atoms with E-state index >= 15 is 0 Å². The smallest absolute Gasteiger partial charge is 0.261 e. The van der Waals surface area contributed by atoms with Gasteiger partial charge in [0.2, 0.25) is 5.03 Å². The molecule has 1 aromatic rings. The Morgan fingerprint density at radius 2 is 2.10 bits per heavy atom. The van der Waals surface area contributed by atoms with Crippen LogP contribution in [0.2, 0.25) is 0 Å². The number of hydrogen-bond donors (Lipinski definition) is 1. The molecule has 0 aliphatic carbocycles. The molecule has 0 atom stereocenters. The standard InChI is InChI=1S/C13H20FN3O3S/c1-13(2,17-6-8-20-9-7-17)10-16-21(18,19)12-11(14)4-3-5-15-12/h3-5,16H,6-10H2,1-2H3. The van der Waals surface area contributed by atoms with Crippen molar-refractivity contribution >= 4 is 10.0 Å². The number of hydrogen-bond acceptors (Lipinski definition) is 5. The Labute approximate surface area is 124 Å². The second-order valence-corrected chi connectivity index (χ2v) is 7.21. The van der Waals surface area contributed by atoms with E-state index in [1.54, 1.807) is 0 Å². The molecule has 2 heterocycles. The van der Waals surface area contributed by atoms with Crippen molar-refractivity contribution in [3.8, 4) is 0 Å². The summed E-state index contributed by atoms with van der Waals surface area (Å²) in [5.41, 5.74) is -0.387. The Bertz CT molecular complexity index is 586. The molecular weight excluding hydrogens is 297 g/mol. The van der Waals surface area contributed by atoms with Gasteiger partial charge in [-0.2, -0.15) is 0 Å². The van der Waals surface area contributed by atoms with Gasteiger partial charge in [0.25, 0.3) is 10.0 Å². The van der Waals surface area contributed by atoms with Crippen LogP contribution in [0.5, 0.6) is 0 Å². The van der Waals surface area contributed by atoms with E-state index < -0.39 is 20.9 Å². The first kappa shape index (κ1) is 16.3. The number of nitrogens with one attached hydrogen (secondary N) is 1. The molecule has 1 aliphatic heterocycles. The zero-order valence-corrected chi connectivity index (χ0v) is 13.0. The molecule has 0 bridgehead atoms. The van der Waals surface area contributed by atoms with E-state index in [1.165, 1.54) is 12.3 Å². The summed E-state index contributed by atoms with van der Waals surface area (Å²) >= 11 is 0. The van der Waals surface area contributed by atoms with Crippen LogP contribution in [0.3, 0.4) is 0 Å². The van der Waals surface area contributed by atoms with E-state index in [0.717, 1.165) is 19.2 Å². The molecule has 1 N–H and O–H groups in total. The molecule has 2 rings (SSSR count). The topological polar surface area (TPSA) is 71.5 Å². The quantitative estimate of drug-likeness (QED) is 0.861. The van der Waals surface area contributed by atoms with Crippen molar-refractivity contribution in [2.75, 3.05) is 32.8 Å². The SMILES string of the molecule is CC(C)(CNS(=O)(=O)c1ncccc1F)N1CCOCC1. The molecule has 0 saturated carbocycles. The Hall–Kier alpha value is -1.09. The molecule has 8 heteroatoms. The fraction of sp³-hybridized carbons (Fsp3) is 0.615. The number of sulfonamides is 1. The van der Waals surface area contributed by atoms with Gasteiger partial charge in [0.05, 0.1) is 13.2 Å². The minimum Gasteiger partial charge on any atom is -0.379 e. The van der Waals surface area contributed by atoms with E-state index in [-0.39, 0.29) is 12.1 Å². The number of halogens is 1. The van der Waals surface area contributed by atoms with Gasteiger partial charge in [-0.15, -0.1) is 0 Å². The first-order chi connectivity index (χ1) is 9.83. The van der Waals surface area contributed by atoms with Gasteiger partial charge < -0.3 is 4.74 Å². The molecule has 1 aromatic heterocycles. The normalized spacial score (nSPS) is 17.9. The van der Waals surface area contributed by atoms with Crippen LogP contribution in [-0.4, -0.2) is 56.7 Å². The van der Waals surface area contributed by atoms with Gasteiger partial charge in [-0.05, 0) is 26.0 Å². The lowest BCUT2D eigenvalue weighted by Crippen LogP contribution is -2.55. The van der Waals surface area contributed by atoms with Gasteiger partial charge in [-0.3, -0.25) is 4.90 Å². The number of aromatic nitrogens is 1. The Balaban J connectivity index is 2.06. The monoisotopic (exact) mass is 317 g/mol. The highest BCUT2D eigenvalue weighted by molar-refractivity contribution is 7.89. The number of pyridine rings is 1. The summed E-state index contributed by atoms with van der Waals surface area (Å²) in [6.45, 7) is 6.80. The maximum atomic E-state index is 13.6. The van der Waals surface area contributed by atoms with E-state index in [9.17, 15) is 12.8 Å². The van der Waals surface area contributed by atoms with Crippen molar-refractivity contribution < 1.29 is 17.5 Å². The number of morpholine rings is 1. The highest BCUT2D eigenvalue weighted by Crippen LogP contribution is 2.17. The summed E-state index contributed by atoms with van der Waals surface area (Å²) < 4.78 is 45.5. The van der Waals surface area contributed by atoms with E-state index in [4.69, 9.17) is 4.74 Å². The minimum absolute atomic E-state index is 0.172. The van der Waals surface area contributed by atoms with Gasteiger partial charge in [0.15, 0.2) is 5.82 Å². The van der Waals surface area contributed by atoms with E-state index in [2.05, 4.69) is 14.6 Å². The van der Waals surface area contributed by atoms with Gasteiger partial charge in [-0.1, -0.05) is 0 Å². The third-order valence-electron chi connectivity index (χ3n) is 3.54. The predicted molar refractivity (Wildman–Crippen MR) is 75.9 cm³/mol. The van der Waals surface area contributed by atoms with Crippen LogP contribution in [-0.2, 0) is 14.8 Å². The van der Waals surface area contributed by atoms with Crippen LogP contribution in [0.25, 0.3) is 0 Å². The molecule has 21 heavy (non-hydrogen) atoms. The van der Waals surface area contributed by atoms with Crippen LogP contribution in [0.4, 0.5) is 4.39 Å². The van der Waals surface area contributed by atoms with Crippen LogP contribution in [0.15, 0.2) is 23.4 Å². The first-order valence-electron chi connectivity index (χ1n) is 6.76. The van der Waals surface area contributed by atoms with Crippen molar-refractivity contribution in [1.82, 2.24) is 14.6 Å². The molecule has 0 aromatic carbocycles. The second kappa shape index (κ2) is 6.35. The van der Waals surface area contributed by atoms with E-state index in [1.807, 2.05) is 13.8 Å². The average Bonchev–Trinajstić information content (AvgIpc) is 2.47. The Morgan fingerprint density at radius 3 is 2.71 bits per heavy atom. The summed E-state index contributed by atoms with van der Waals surface area (Å²) in [5.74, 6) is -0.853. The van der Waals surface area contributed by atoms with Gasteiger partial charge in [0, 0.05) is 31.4 Å². The highest BCUT2D eigenvalue weighted by atomic mass is 32.2. The summed E-state index contributed by atoms with van der Waals surface area (Å²) in [7, 11) is -3.96. The molecule has 0 spiro atoms. The summed E-state index contributed by atoms with van der Waals surface area (Å²) in [6.07, 6.45) is 1.25. The van der Waals surface area contributed by atoms with Crippen molar-refractivity contribution in [2.45, 2.75) is 24.4 Å². The molecule has 118 valence electrons. The molecule has 0 amide bonds. The summed E-state index contributed by atoms with van der Waals surface area (Å²) in [6, 6.07) is 2.43. The lowest BCUT2D eigenvalue weighted by atomic mass is 10.0. The first-order valence-corrected chi connectivity index (χ1v) is 8.24. The highest BCUT2D eigenvalue weighted by Gasteiger charge is 2.31. The summed E-state index contributed by atoms with van der Waals surface area (Å²) in [4.78, 5) is 5.75. The van der Waals surface area contributed by atoms with Crippen LogP contribution < -0.4 is 4.72 Å². The largest absolute Gasteiger partial charge is 0.379 e. The van der Waals surface area contributed by atoms with Crippen molar-refractivity contribution in [3.63, 3.8) is 0 Å². The molecule has 1 aliphatic rings. The third-order valence-corrected chi connectivity index (χ3v) is 4.88. The van der Waals surface area contributed by atoms with Crippen LogP contribution in [0, 0.1) is 5.82 Å². The fourth-order valence-electron chi connectivity index (χ4n) is 2.19. The molecule has 6 nitrogen and oxygen atoms in total. The lowest BCUT2D eigenvalue weighted by Gasteiger charge is -2.40. The van der Waals surface area contributed by atoms with E-state index in [0.29, 0.717) is 13.2 Å².